The average molecular weight is 324 g/mol. The highest BCUT2D eigenvalue weighted by Gasteiger charge is 2.20. The molecule has 0 spiro atoms. The molecule has 1 aliphatic heterocycles. The first-order chi connectivity index (χ1) is 11.6. The van der Waals surface area contributed by atoms with Gasteiger partial charge >= 0.3 is 0 Å². The number of rotatable bonds is 3. The second-order valence-electron chi connectivity index (χ2n) is 6.13. The topological polar surface area (TPSA) is 98.0 Å². The van der Waals surface area contributed by atoms with Crippen molar-refractivity contribution in [2.45, 2.75) is 25.8 Å². The first-order valence-electron chi connectivity index (χ1n) is 7.97. The number of aromatic nitrogens is 3. The highest BCUT2D eigenvalue weighted by molar-refractivity contribution is 5.74. The van der Waals surface area contributed by atoms with Crippen LogP contribution in [0.1, 0.15) is 24.1 Å². The molecule has 2 N–H and O–H groups in total. The number of anilines is 1. The first kappa shape index (κ1) is 16.1. The molecule has 1 fully saturated rings. The fourth-order valence-electron chi connectivity index (χ4n) is 3.04. The number of aromatic hydroxyl groups is 1. The van der Waals surface area contributed by atoms with Gasteiger partial charge in [-0.05, 0) is 45.5 Å². The molecule has 0 bridgehead atoms. The maximum atomic E-state index is 10.1. The Bertz CT molecular complexity index is 785. The average Bonchev–Trinajstić information content (AvgIpc) is 2.55. The van der Waals surface area contributed by atoms with Gasteiger partial charge < -0.3 is 15.3 Å². The molecule has 0 unspecified atom stereocenters. The Kier molecular flexibility index (Phi) is 4.58. The number of nitriles is 1. The van der Waals surface area contributed by atoms with Gasteiger partial charge in [0.25, 0.3) is 0 Å². The number of hydrogen-bond acceptors (Lipinski definition) is 7. The molecular formula is C17H20N6O. The fraction of sp³-hybridized carbons (Fsp3) is 0.412. The number of piperidine rings is 1. The van der Waals surface area contributed by atoms with Crippen LogP contribution in [0.4, 0.5) is 5.95 Å². The molecule has 2 aromatic rings. The van der Waals surface area contributed by atoms with Crippen molar-refractivity contribution in [3.63, 3.8) is 0 Å². The van der Waals surface area contributed by atoms with E-state index in [0.717, 1.165) is 25.9 Å². The van der Waals surface area contributed by atoms with Crippen molar-refractivity contribution in [3.8, 4) is 23.1 Å². The summed E-state index contributed by atoms with van der Waals surface area (Å²) in [5.41, 5.74) is 1.77. The standard InChI is InChI=1S/C17H20N6O/c1-11-16(15-12(9-18)5-3-7-14(15)24)21-22-17(19-11)20-13-6-4-8-23(2)10-13/h3,5,7,13,24H,4,6,8,10H2,1-2H3,(H,19,20,22)/t13-/m1/s1. The lowest BCUT2D eigenvalue weighted by molar-refractivity contribution is 0.260. The smallest absolute Gasteiger partial charge is 0.243 e. The molecule has 7 nitrogen and oxygen atoms in total. The molecule has 1 aromatic carbocycles. The number of nitrogens with one attached hydrogen (secondary N) is 1. The summed E-state index contributed by atoms with van der Waals surface area (Å²) in [4.78, 5) is 6.74. The van der Waals surface area contributed by atoms with Crippen molar-refractivity contribution in [1.82, 2.24) is 20.1 Å². The van der Waals surface area contributed by atoms with Crippen molar-refractivity contribution < 1.29 is 5.11 Å². The number of benzene rings is 1. The van der Waals surface area contributed by atoms with E-state index in [1.165, 1.54) is 6.07 Å². The molecule has 124 valence electrons. The minimum absolute atomic E-state index is 0.00265. The predicted molar refractivity (Wildman–Crippen MR) is 90.5 cm³/mol. The SMILES string of the molecule is Cc1nc(N[C@@H]2CCCN(C)C2)nnc1-c1c(O)cccc1C#N. The van der Waals surface area contributed by atoms with E-state index in [9.17, 15) is 10.4 Å². The van der Waals surface area contributed by atoms with Gasteiger partial charge in [-0.1, -0.05) is 6.07 Å². The highest BCUT2D eigenvalue weighted by Crippen LogP contribution is 2.32. The molecule has 1 saturated heterocycles. The quantitative estimate of drug-likeness (QED) is 0.890. The number of nitrogens with zero attached hydrogens (tertiary/aromatic N) is 5. The number of aryl methyl sites for hydroxylation is 1. The molecule has 3 rings (SSSR count). The molecule has 7 heteroatoms. The molecule has 0 saturated carbocycles. The summed E-state index contributed by atoms with van der Waals surface area (Å²) in [6, 6.07) is 7.17. The Labute approximate surface area is 141 Å². The van der Waals surface area contributed by atoms with E-state index in [-0.39, 0.29) is 5.75 Å². The van der Waals surface area contributed by atoms with Crippen LogP contribution in [0, 0.1) is 18.3 Å². The maximum Gasteiger partial charge on any atom is 0.243 e. The Morgan fingerprint density at radius 2 is 2.21 bits per heavy atom. The van der Waals surface area contributed by atoms with Gasteiger partial charge in [0, 0.05) is 12.6 Å². The van der Waals surface area contributed by atoms with E-state index in [1.54, 1.807) is 19.1 Å². The molecule has 1 aromatic heterocycles. The van der Waals surface area contributed by atoms with Crippen LogP contribution >= 0.6 is 0 Å². The highest BCUT2D eigenvalue weighted by atomic mass is 16.3. The minimum atomic E-state index is 0.00265. The van der Waals surface area contributed by atoms with E-state index in [0.29, 0.717) is 34.5 Å². The Morgan fingerprint density at radius 3 is 2.92 bits per heavy atom. The van der Waals surface area contributed by atoms with Crippen LogP contribution in [-0.4, -0.2) is 51.4 Å². The second kappa shape index (κ2) is 6.81. The normalized spacial score (nSPS) is 18.1. The number of likely N-dealkylation sites (N-methyl/N-ethyl adjacent to an activating group) is 1. The molecule has 0 aliphatic carbocycles. The largest absolute Gasteiger partial charge is 0.507 e. The third-order valence-electron chi connectivity index (χ3n) is 4.22. The number of phenolic OH excluding ortho intramolecular Hbond substituents is 1. The van der Waals surface area contributed by atoms with Gasteiger partial charge in [0.2, 0.25) is 5.95 Å². The van der Waals surface area contributed by atoms with Gasteiger partial charge in [-0.2, -0.15) is 5.26 Å². The van der Waals surface area contributed by atoms with Crippen LogP contribution in [0.5, 0.6) is 5.75 Å². The molecule has 0 radical (unpaired) electrons. The van der Waals surface area contributed by atoms with Gasteiger partial charge in [-0.25, -0.2) is 4.98 Å². The van der Waals surface area contributed by atoms with Gasteiger partial charge in [0.1, 0.15) is 11.4 Å². The number of likely N-dealkylation sites (tertiary alicyclic amines) is 1. The zero-order valence-electron chi connectivity index (χ0n) is 13.8. The zero-order valence-corrected chi connectivity index (χ0v) is 13.8. The predicted octanol–water partition coefficient (Wildman–Crippen LogP) is 1.93. The van der Waals surface area contributed by atoms with Gasteiger partial charge in [0.15, 0.2) is 0 Å². The zero-order chi connectivity index (χ0) is 17.1. The molecule has 24 heavy (non-hydrogen) atoms. The van der Waals surface area contributed by atoms with E-state index in [4.69, 9.17) is 0 Å². The number of phenols is 1. The molecular weight excluding hydrogens is 304 g/mol. The lowest BCUT2D eigenvalue weighted by Gasteiger charge is -2.30. The molecule has 1 aliphatic rings. The van der Waals surface area contributed by atoms with Crippen LogP contribution in [0.25, 0.3) is 11.3 Å². The summed E-state index contributed by atoms with van der Waals surface area (Å²) in [6.07, 6.45) is 2.22. The van der Waals surface area contributed by atoms with Crippen LogP contribution in [-0.2, 0) is 0 Å². The summed E-state index contributed by atoms with van der Waals surface area (Å²) >= 11 is 0. The summed E-state index contributed by atoms with van der Waals surface area (Å²) in [5, 5.41) is 31.0. The lowest BCUT2D eigenvalue weighted by atomic mass is 10.0. The van der Waals surface area contributed by atoms with E-state index in [2.05, 4.69) is 38.5 Å². The van der Waals surface area contributed by atoms with Crippen molar-refractivity contribution in [1.29, 1.82) is 5.26 Å². The molecule has 1 atom stereocenters. The minimum Gasteiger partial charge on any atom is -0.507 e. The van der Waals surface area contributed by atoms with E-state index >= 15 is 0 Å². The number of hydrogen-bond donors (Lipinski definition) is 2. The fourth-order valence-corrected chi connectivity index (χ4v) is 3.04. The van der Waals surface area contributed by atoms with Crippen LogP contribution in [0.2, 0.25) is 0 Å². The Balaban J connectivity index is 1.87. The van der Waals surface area contributed by atoms with Gasteiger partial charge in [-0.3, -0.25) is 0 Å². The van der Waals surface area contributed by atoms with Crippen molar-refractivity contribution >= 4 is 5.95 Å². The summed E-state index contributed by atoms with van der Waals surface area (Å²) < 4.78 is 0. The van der Waals surface area contributed by atoms with Crippen LogP contribution < -0.4 is 5.32 Å². The van der Waals surface area contributed by atoms with Crippen molar-refractivity contribution in [2.24, 2.45) is 0 Å². The van der Waals surface area contributed by atoms with Crippen molar-refractivity contribution in [2.75, 3.05) is 25.5 Å². The molecule has 2 heterocycles. The summed E-state index contributed by atoms with van der Waals surface area (Å²) in [6.45, 7) is 3.86. The first-order valence-corrected chi connectivity index (χ1v) is 7.97. The van der Waals surface area contributed by atoms with Gasteiger partial charge in [0.05, 0.1) is 22.9 Å². The van der Waals surface area contributed by atoms with Crippen molar-refractivity contribution in [3.05, 3.63) is 29.5 Å². The third kappa shape index (κ3) is 3.29. The van der Waals surface area contributed by atoms with Crippen LogP contribution in [0.3, 0.4) is 0 Å². The van der Waals surface area contributed by atoms with E-state index in [1.807, 2.05) is 0 Å². The monoisotopic (exact) mass is 324 g/mol. The molecule has 0 amide bonds. The summed E-state index contributed by atoms with van der Waals surface area (Å²) in [7, 11) is 2.10. The Morgan fingerprint density at radius 1 is 1.38 bits per heavy atom. The van der Waals surface area contributed by atoms with Gasteiger partial charge in [-0.15, -0.1) is 10.2 Å². The Hall–Kier alpha value is -2.72. The lowest BCUT2D eigenvalue weighted by Crippen LogP contribution is -2.40. The van der Waals surface area contributed by atoms with Crippen LogP contribution in [0.15, 0.2) is 18.2 Å². The maximum absolute atomic E-state index is 10.1. The summed E-state index contributed by atoms with van der Waals surface area (Å²) in [5.74, 6) is 0.480. The third-order valence-corrected chi connectivity index (χ3v) is 4.22. The van der Waals surface area contributed by atoms with E-state index < -0.39 is 0 Å². The second-order valence-corrected chi connectivity index (χ2v) is 6.13.